The molecule has 0 saturated carbocycles. The fraction of sp³-hybridized carbons (Fsp3) is 0.462. The number of aromatic amines is 1. The number of aromatic nitrogens is 4. The molecule has 0 aromatic carbocycles. The van der Waals surface area contributed by atoms with Crippen LogP contribution in [0.4, 0.5) is 5.82 Å². The first-order valence-electron chi connectivity index (χ1n) is 6.43. The van der Waals surface area contributed by atoms with Gasteiger partial charge in [0.1, 0.15) is 5.82 Å². The topological polar surface area (TPSA) is 75.6 Å². The summed E-state index contributed by atoms with van der Waals surface area (Å²) in [7, 11) is 0. The average molecular weight is 261 g/mol. The number of nitrogens with zero attached hydrogens (tertiary/aromatic N) is 3. The number of amides is 1. The molecule has 0 aliphatic heterocycles. The third-order valence-corrected chi connectivity index (χ3v) is 3.02. The molecule has 2 N–H and O–H groups in total. The van der Waals surface area contributed by atoms with Crippen LogP contribution in [0.1, 0.15) is 30.3 Å². The molecular weight excluding hydrogens is 242 g/mol. The van der Waals surface area contributed by atoms with E-state index in [4.69, 9.17) is 0 Å². The van der Waals surface area contributed by atoms with Crippen LogP contribution in [0.2, 0.25) is 0 Å². The van der Waals surface area contributed by atoms with Gasteiger partial charge in [-0.25, -0.2) is 0 Å². The fourth-order valence-corrected chi connectivity index (χ4v) is 2.00. The monoisotopic (exact) mass is 261 g/mol. The molecule has 2 aromatic rings. The maximum atomic E-state index is 11.9. The number of nitrogens with one attached hydrogen (secondary N) is 2. The Morgan fingerprint density at radius 1 is 1.47 bits per heavy atom. The molecular formula is C13H19N5O. The Hall–Kier alpha value is -2.11. The minimum atomic E-state index is -0.0356. The van der Waals surface area contributed by atoms with Crippen LogP contribution >= 0.6 is 0 Å². The SMILES string of the molecule is CCc1cn[nH]c1NC(=O)CCn1nc(C)cc1C. The molecule has 19 heavy (non-hydrogen) atoms. The molecule has 2 aromatic heterocycles. The summed E-state index contributed by atoms with van der Waals surface area (Å²) in [4.78, 5) is 11.9. The van der Waals surface area contributed by atoms with E-state index in [-0.39, 0.29) is 5.91 Å². The van der Waals surface area contributed by atoms with Crippen molar-refractivity contribution in [2.24, 2.45) is 0 Å². The van der Waals surface area contributed by atoms with E-state index >= 15 is 0 Å². The van der Waals surface area contributed by atoms with Crippen LogP contribution in [0, 0.1) is 13.8 Å². The Balaban J connectivity index is 1.90. The minimum Gasteiger partial charge on any atom is -0.311 e. The van der Waals surface area contributed by atoms with E-state index < -0.39 is 0 Å². The lowest BCUT2D eigenvalue weighted by Gasteiger charge is -2.06. The third-order valence-electron chi connectivity index (χ3n) is 3.02. The maximum Gasteiger partial charge on any atom is 0.227 e. The van der Waals surface area contributed by atoms with E-state index in [0.717, 1.165) is 23.4 Å². The number of H-pyrrole nitrogens is 1. The van der Waals surface area contributed by atoms with E-state index in [0.29, 0.717) is 18.8 Å². The van der Waals surface area contributed by atoms with Crippen LogP contribution in [0.25, 0.3) is 0 Å². The second-order valence-electron chi connectivity index (χ2n) is 4.57. The highest BCUT2D eigenvalue weighted by molar-refractivity contribution is 5.90. The van der Waals surface area contributed by atoms with Crippen LogP contribution in [-0.4, -0.2) is 25.9 Å². The lowest BCUT2D eigenvalue weighted by molar-refractivity contribution is -0.116. The lowest BCUT2D eigenvalue weighted by Crippen LogP contribution is -2.16. The zero-order chi connectivity index (χ0) is 13.8. The van der Waals surface area contributed by atoms with Gasteiger partial charge in [-0.1, -0.05) is 6.92 Å². The molecule has 0 bridgehead atoms. The molecule has 2 heterocycles. The van der Waals surface area contributed by atoms with Crippen LogP contribution in [0.5, 0.6) is 0 Å². The summed E-state index contributed by atoms with van der Waals surface area (Å²) in [6.07, 6.45) is 2.96. The summed E-state index contributed by atoms with van der Waals surface area (Å²) in [5.41, 5.74) is 3.06. The van der Waals surface area contributed by atoms with E-state index in [1.54, 1.807) is 6.20 Å². The second-order valence-corrected chi connectivity index (χ2v) is 4.57. The van der Waals surface area contributed by atoms with Gasteiger partial charge in [-0.2, -0.15) is 10.2 Å². The normalized spacial score (nSPS) is 10.7. The third kappa shape index (κ3) is 3.21. The van der Waals surface area contributed by atoms with Crippen molar-refractivity contribution >= 4 is 11.7 Å². The number of hydrogen-bond acceptors (Lipinski definition) is 3. The predicted molar refractivity (Wildman–Crippen MR) is 72.9 cm³/mol. The largest absolute Gasteiger partial charge is 0.311 e. The van der Waals surface area contributed by atoms with Gasteiger partial charge in [0.15, 0.2) is 0 Å². The Morgan fingerprint density at radius 2 is 2.26 bits per heavy atom. The summed E-state index contributed by atoms with van der Waals surface area (Å²) in [6.45, 7) is 6.54. The van der Waals surface area contributed by atoms with Gasteiger partial charge in [0.2, 0.25) is 5.91 Å². The fourth-order valence-electron chi connectivity index (χ4n) is 2.00. The molecule has 0 radical (unpaired) electrons. The van der Waals surface area contributed by atoms with Gasteiger partial charge in [-0.05, 0) is 26.3 Å². The summed E-state index contributed by atoms with van der Waals surface area (Å²) < 4.78 is 1.85. The molecule has 0 aliphatic carbocycles. The summed E-state index contributed by atoms with van der Waals surface area (Å²) in [5, 5.41) is 13.9. The van der Waals surface area contributed by atoms with Crippen molar-refractivity contribution in [3.63, 3.8) is 0 Å². The number of carbonyl (C=O) groups is 1. The highest BCUT2D eigenvalue weighted by Gasteiger charge is 2.09. The first-order valence-corrected chi connectivity index (χ1v) is 6.43. The van der Waals surface area contributed by atoms with E-state index in [1.165, 1.54) is 0 Å². The Kier molecular flexibility index (Phi) is 3.99. The molecule has 0 atom stereocenters. The van der Waals surface area contributed by atoms with Crippen molar-refractivity contribution in [3.8, 4) is 0 Å². The standard InChI is InChI=1S/C13H19N5O/c1-4-11-8-14-16-13(11)15-12(19)5-6-18-10(3)7-9(2)17-18/h7-8H,4-6H2,1-3H3,(H2,14,15,16,19). The molecule has 6 heteroatoms. The van der Waals surface area contributed by atoms with Gasteiger partial charge in [-0.3, -0.25) is 14.6 Å². The van der Waals surface area contributed by atoms with Gasteiger partial charge in [0.25, 0.3) is 0 Å². The molecule has 0 fully saturated rings. The van der Waals surface area contributed by atoms with Crippen molar-refractivity contribution in [3.05, 3.63) is 29.2 Å². The first kappa shape index (κ1) is 13.3. The van der Waals surface area contributed by atoms with Crippen LogP contribution in [-0.2, 0) is 17.8 Å². The quantitative estimate of drug-likeness (QED) is 0.862. The molecule has 2 rings (SSSR count). The van der Waals surface area contributed by atoms with Gasteiger partial charge in [-0.15, -0.1) is 0 Å². The number of rotatable bonds is 5. The van der Waals surface area contributed by atoms with Crippen LogP contribution < -0.4 is 5.32 Å². The molecule has 102 valence electrons. The van der Waals surface area contributed by atoms with Crippen molar-refractivity contribution in [1.29, 1.82) is 0 Å². The molecule has 6 nitrogen and oxygen atoms in total. The van der Waals surface area contributed by atoms with Gasteiger partial charge >= 0.3 is 0 Å². The van der Waals surface area contributed by atoms with E-state index in [1.807, 2.05) is 31.5 Å². The number of anilines is 1. The van der Waals surface area contributed by atoms with Crippen molar-refractivity contribution in [2.75, 3.05) is 5.32 Å². The molecule has 1 amide bonds. The van der Waals surface area contributed by atoms with E-state index in [2.05, 4.69) is 20.6 Å². The summed E-state index contributed by atoms with van der Waals surface area (Å²) >= 11 is 0. The Morgan fingerprint density at radius 3 is 2.89 bits per heavy atom. The molecule has 0 aliphatic rings. The number of carbonyl (C=O) groups excluding carboxylic acids is 1. The number of aryl methyl sites for hydroxylation is 4. The summed E-state index contributed by atoms with van der Waals surface area (Å²) in [5.74, 6) is 0.660. The lowest BCUT2D eigenvalue weighted by atomic mass is 10.2. The smallest absolute Gasteiger partial charge is 0.227 e. The molecule has 0 saturated heterocycles. The van der Waals surface area contributed by atoms with Gasteiger partial charge in [0.05, 0.1) is 11.9 Å². The van der Waals surface area contributed by atoms with Crippen LogP contribution in [0.3, 0.4) is 0 Å². The van der Waals surface area contributed by atoms with Crippen molar-refractivity contribution in [2.45, 2.75) is 40.2 Å². The van der Waals surface area contributed by atoms with Crippen LogP contribution in [0.15, 0.2) is 12.3 Å². The van der Waals surface area contributed by atoms with Gasteiger partial charge in [0, 0.05) is 24.2 Å². The Labute approximate surface area is 112 Å². The average Bonchev–Trinajstić information content (AvgIpc) is 2.93. The predicted octanol–water partition coefficient (Wildman–Crippen LogP) is 1.81. The Bertz CT molecular complexity index is 569. The highest BCUT2D eigenvalue weighted by Crippen LogP contribution is 2.11. The number of hydrogen-bond donors (Lipinski definition) is 2. The molecule has 0 spiro atoms. The zero-order valence-corrected chi connectivity index (χ0v) is 11.5. The summed E-state index contributed by atoms with van der Waals surface area (Å²) in [6, 6.07) is 2.00. The maximum absolute atomic E-state index is 11.9. The highest BCUT2D eigenvalue weighted by atomic mass is 16.1. The second kappa shape index (κ2) is 5.69. The zero-order valence-electron chi connectivity index (χ0n) is 11.5. The molecule has 0 unspecified atom stereocenters. The van der Waals surface area contributed by atoms with Crippen molar-refractivity contribution < 1.29 is 4.79 Å². The van der Waals surface area contributed by atoms with E-state index in [9.17, 15) is 4.79 Å². The minimum absolute atomic E-state index is 0.0356. The van der Waals surface area contributed by atoms with Crippen molar-refractivity contribution in [1.82, 2.24) is 20.0 Å². The van der Waals surface area contributed by atoms with Gasteiger partial charge < -0.3 is 5.32 Å². The first-order chi connectivity index (χ1) is 9.10.